The van der Waals surface area contributed by atoms with Gasteiger partial charge in [-0.2, -0.15) is 0 Å². The summed E-state index contributed by atoms with van der Waals surface area (Å²) in [7, 11) is 0. The maximum atomic E-state index is 11.7. The Balaban J connectivity index is 2.08. The van der Waals surface area contributed by atoms with Gasteiger partial charge in [-0.3, -0.25) is 9.59 Å². The van der Waals surface area contributed by atoms with Crippen LogP contribution < -0.4 is 0 Å². The van der Waals surface area contributed by atoms with Gasteiger partial charge in [-0.1, -0.05) is 0 Å². The summed E-state index contributed by atoms with van der Waals surface area (Å²) in [5.41, 5.74) is 0.0905. The second-order valence-corrected chi connectivity index (χ2v) is 4.13. The molecule has 0 aromatic heterocycles. The molecule has 0 bridgehead atoms. The van der Waals surface area contributed by atoms with Crippen molar-refractivity contribution < 1.29 is 19.2 Å². The Morgan fingerprint density at radius 1 is 1.24 bits per heavy atom. The molecule has 2 aliphatic rings. The predicted molar refractivity (Wildman–Crippen MR) is 58.8 cm³/mol. The van der Waals surface area contributed by atoms with Gasteiger partial charge in [0.05, 0.1) is 0 Å². The van der Waals surface area contributed by atoms with Crippen LogP contribution in [0.4, 0.5) is 0 Å². The van der Waals surface area contributed by atoms with E-state index in [0.29, 0.717) is 13.1 Å². The van der Waals surface area contributed by atoms with Crippen molar-refractivity contribution in [1.82, 2.24) is 5.06 Å². The Kier molecular flexibility index (Phi) is 3.19. The molecule has 0 aromatic carbocycles. The van der Waals surface area contributed by atoms with Gasteiger partial charge < -0.3 is 4.84 Å². The Labute approximate surface area is 98.7 Å². The lowest BCUT2D eigenvalue weighted by atomic mass is 9.97. The van der Waals surface area contributed by atoms with Crippen LogP contribution in [0.5, 0.6) is 0 Å². The van der Waals surface area contributed by atoms with Gasteiger partial charge in [0.25, 0.3) is 0 Å². The van der Waals surface area contributed by atoms with E-state index in [0.717, 1.165) is 18.9 Å². The van der Waals surface area contributed by atoms with Crippen molar-refractivity contribution in [3.63, 3.8) is 0 Å². The van der Waals surface area contributed by atoms with E-state index in [4.69, 9.17) is 4.84 Å². The van der Waals surface area contributed by atoms with Crippen molar-refractivity contribution in [2.24, 2.45) is 0 Å². The smallest absolute Gasteiger partial charge is 0.361 e. The van der Waals surface area contributed by atoms with Crippen molar-refractivity contribution >= 4 is 17.5 Å². The van der Waals surface area contributed by atoms with Gasteiger partial charge in [0, 0.05) is 24.7 Å². The van der Waals surface area contributed by atoms with Crippen LogP contribution in [0.25, 0.3) is 0 Å². The highest BCUT2D eigenvalue weighted by Crippen LogP contribution is 2.16. The molecule has 1 fully saturated rings. The molecule has 90 valence electrons. The zero-order chi connectivity index (χ0) is 12.4. The summed E-state index contributed by atoms with van der Waals surface area (Å²) in [5.74, 6) is -1.53. The highest BCUT2D eigenvalue weighted by molar-refractivity contribution is 6.30. The first-order valence-corrected chi connectivity index (χ1v) is 5.54. The lowest BCUT2D eigenvalue weighted by Gasteiger charge is -2.16. The molecule has 0 saturated carbocycles. The third-order valence-electron chi connectivity index (χ3n) is 2.75. The number of carbonyl (C=O) groups excluding carboxylic acids is 3. The van der Waals surface area contributed by atoms with E-state index in [2.05, 4.69) is 0 Å². The van der Waals surface area contributed by atoms with Crippen LogP contribution in [0, 0.1) is 0 Å². The van der Waals surface area contributed by atoms with Gasteiger partial charge in [0.2, 0.25) is 0 Å². The number of hydrogen-bond donors (Lipinski definition) is 0. The van der Waals surface area contributed by atoms with Crippen molar-refractivity contribution in [1.29, 1.82) is 0 Å². The molecule has 0 radical (unpaired) electrons. The van der Waals surface area contributed by atoms with Gasteiger partial charge in [0.1, 0.15) is 5.57 Å². The maximum Gasteiger partial charge on any atom is 0.361 e. The molecule has 1 heterocycles. The highest BCUT2D eigenvalue weighted by atomic mass is 16.7. The van der Waals surface area contributed by atoms with Crippen molar-refractivity contribution in [3.05, 3.63) is 23.3 Å². The highest BCUT2D eigenvalue weighted by Gasteiger charge is 2.28. The normalized spacial score (nSPS) is 21.2. The molecule has 0 unspecified atom stereocenters. The van der Waals surface area contributed by atoms with E-state index in [1.54, 1.807) is 0 Å². The van der Waals surface area contributed by atoms with Crippen LogP contribution in [0.1, 0.15) is 19.8 Å². The van der Waals surface area contributed by atoms with Crippen molar-refractivity contribution in [2.45, 2.75) is 19.8 Å². The molecule has 0 atom stereocenters. The van der Waals surface area contributed by atoms with Crippen LogP contribution in [-0.2, 0) is 19.2 Å². The summed E-state index contributed by atoms with van der Waals surface area (Å²) in [6.07, 6.45) is 4.19. The van der Waals surface area contributed by atoms with Crippen LogP contribution in [0.15, 0.2) is 23.3 Å². The molecule has 0 amide bonds. The fourth-order valence-corrected chi connectivity index (χ4v) is 1.84. The number of nitrogens with zero attached hydrogens (tertiary/aromatic N) is 1. The number of hydroxylamine groups is 2. The number of ketones is 2. The monoisotopic (exact) mass is 235 g/mol. The van der Waals surface area contributed by atoms with Gasteiger partial charge in [-0.15, -0.1) is 5.06 Å². The number of carbonyl (C=O) groups is 3. The maximum absolute atomic E-state index is 11.7. The minimum Gasteiger partial charge on any atom is -0.364 e. The van der Waals surface area contributed by atoms with E-state index in [-0.39, 0.29) is 16.9 Å². The Morgan fingerprint density at radius 3 is 2.53 bits per heavy atom. The first kappa shape index (κ1) is 11.7. The fourth-order valence-electron chi connectivity index (χ4n) is 1.84. The molecule has 1 saturated heterocycles. The van der Waals surface area contributed by atoms with E-state index < -0.39 is 11.8 Å². The van der Waals surface area contributed by atoms with E-state index in [9.17, 15) is 14.4 Å². The van der Waals surface area contributed by atoms with Crippen LogP contribution in [0.3, 0.4) is 0 Å². The van der Waals surface area contributed by atoms with Gasteiger partial charge in [-0.25, -0.2) is 4.79 Å². The van der Waals surface area contributed by atoms with E-state index >= 15 is 0 Å². The molecular weight excluding hydrogens is 222 g/mol. The molecule has 0 spiro atoms. The summed E-state index contributed by atoms with van der Waals surface area (Å²) < 4.78 is 0. The van der Waals surface area contributed by atoms with Crippen LogP contribution >= 0.6 is 0 Å². The predicted octanol–water partition coefficient (Wildman–Crippen LogP) is 0.565. The molecule has 5 heteroatoms. The second-order valence-electron chi connectivity index (χ2n) is 4.13. The quantitative estimate of drug-likeness (QED) is 0.517. The average Bonchev–Trinajstić information content (AvgIpc) is 2.76. The van der Waals surface area contributed by atoms with Gasteiger partial charge >= 0.3 is 5.97 Å². The summed E-state index contributed by atoms with van der Waals surface area (Å²) in [5, 5.41) is 1.52. The average molecular weight is 235 g/mol. The summed E-state index contributed by atoms with van der Waals surface area (Å²) in [6, 6.07) is 0. The fraction of sp³-hybridized carbons (Fsp3) is 0.417. The summed E-state index contributed by atoms with van der Waals surface area (Å²) in [6.45, 7) is 2.86. The standard InChI is InChI=1S/C12H13NO4/c1-8-6-9(14)7-10(11(8)15)12(16)17-13-4-2-3-5-13/h6-7H,2-5H2,1H3. The van der Waals surface area contributed by atoms with E-state index in [1.165, 1.54) is 18.1 Å². The van der Waals surface area contributed by atoms with Gasteiger partial charge in [0.15, 0.2) is 11.6 Å². The first-order valence-electron chi connectivity index (χ1n) is 5.54. The lowest BCUT2D eigenvalue weighted by Crippen LogP contribution is -2.29. The minimum absolute atomic E-state index is 0.179. The third-order valence-corrected chi connectivity index (χ3v) is 2.75. The van der Waals surface area contributed by atoms with E-state index in [1.807, 2.05) is 0 Å². The Bertz CT molecular complexity index is 441. The Hall–Kier alpha value is -1.75. The Morgan fingerprint density at radius 2 is 1.88 bits per heavy atom. The van der Waals surface area contributed by atoms with Crippen LogP contribution in [0.2, 0.25) is 0 Å². The third kappa shape index (κ3) is 2.50. The zero-order valence-electron chi connectivity index (χ0n) is 9.56. The molecule has 5 nitrogen and oxygen atoms in total. The largest absolute Gasteiger partial charge is 0.364 e. The zero-order valence-corrected chi connectivity index (χ0v) is 9.56. The molecule has 1 aliphatic heterocycles. The number of allylic oxidation sites excluding steroid dienone is 3. The first-order chi connectivity index (χ1) is 8.08. The van der Waals surface area contributed by atoms with Crippen molar-refractivity contribution in [3.8, 4) is 0 Å². The molecule has 2 rings (SSSR count). The van der Waals surface area contributed by atoms with Crippen LogP contribution in [-0.4, -0.2) is 35.7 Å². The SMILES string of the molecule is CC1=CC(=O)C=C(C(=O)ON2CCCC2)C1=O. The molecular formula is C12H13NO4. The minimum atomic E-state index is -0.738. The number of rotatable bonds is 2. The van der Waals surface area contributed by atoms with Crippen molar-refractivity contribution in [2.75, 3.05) is 13.1 Å². The second kappa shape index (κ2) is 4.63. The number of Topliss-reactive ketones (excluding diaryl/α,β-unsaturated/α-hetero) is 1. The van der Waals surface area contributed by atoms with Gasteiger partial charge in [-0.05, 0) is 25.8 Å². The lowest BCUT2D eigenvalue weighted by molar-refractivity contribution is -0.180. The summed E-state index contributed by atoms with van der Waals surface area (Å²) in [4.78, 5) is 39.7. The molecule has 17 heavy (non-hydrogen) atoms. The topological polar surface area (TPSA) is 63.7 Å². The molecule has 0 N–H and O–H groups in total. The molecule has 1 aliphatic carbocycles. The summed E-state index contributed by atoms with van der Waals surface area (Å²) >= 11 is 0. The number of hydrogen-bond acceptors (Lipinski definition) is 5. The molecule has 0 aromatic rings.